The molecule has 0 aliphatic carbocycles. The Morgan fingerprint density at radius 2 is 1.94 bits per heavy atom. The molecule has 3 heteroatoms. The molecular weight excluding hydrogens is 266 g/mol. The highest BCUT2D eigenvalue weighted by Crippen LogP contribution is 2.30. The van der Waals surface area contributed by atoms with Crippen molar-refractivity contribution in [2.24, 2.45) is 0 Å². The van der Waals surface area contributed by atoms with Crippen LogP contribution in [0.3, 0.4) is 0 Å². The third kappa shape index (κ3) is 4.44. The maximum Gasteiger partial charge on any atom is 0.135 e. The van der Waals surface area contributed by atoms with Gasteiger partial charge in [-0.25, -0.2) is 0 Å². The van der Waals surface area contributed by atoms with Gasteiger partial charge in [0.1, 0.15) is 5.75 Å². The second kappa shape index (κ2) is 7.55. The number of rotatable bonds is 7. The third-order valence-corrected chi connectivity index (χ3v) is 3.35. The van der Waals surface area contributed by atoms with E-state index in [1.165, 1.54) is 25.7 Å². The topological polar surface area (TPSA) is 35.2 Å². The predicted molar refractivity (Wildman–Crippen MR) is 72.8 cm³/mol. The molecule has 1 rings (SSSR count). The largest absolute Gasteiger partial charge is 0.492 e. The number of hydrogen-bond donors (Lipinski definition) is 1. The summed E-state index contributed by atoms with van der Waals surface area (Å²) in [5, 5.41) is 0. The van der Waals surface area contributed by atoms with Gasteiger partial charge in [0.25, 0.3) is 0 Å². The lowest BCUT2D eigenvalue weighted by Crippen LogP contribution is -1.99. The molecule has 1 aromatic carbocycles. The minimum Gasteiger partial charge on any atom is -0.492 e. The summed E-state index contributed by atoms with van der Waals surface area (Å²) in [6.45, 7) is 2.99. The molecule has 0 amide bonds. The third-order valence-electron chi connectivity index (χ3n) is 2.50. The Bertz CT molecular complexity index is 315. The molecule has 16 heavy (non-hydrogen) atoms. The molecule has 0 saturated heterocycles. The van der Waals surface area contributed by atoms with Gasteiger partial charge in [0, 0.05) is 5.69 Å². The van der Waals surface area contributed by atoms with E-state index in [-0.39, 0.29) is 0 Å². The van der Waals surface area contributed by atoms with E-state index in [4.69, 9.17) is 10.5 Å². The maximum absolute atomic E-state index is 5.76. The molecule has 1 aromatic rings. The van der Waals surface area contributed by atoms with Crippen molar-refractivity contribution in [1.82, 2.24) is 0 Å². The normalized spacial score (nSPS) is 10.4. The molecule has 0 atom stereocenters. The van der Waals surface area contributed by atoms with Crippen LogP contribution in [-0.2, 0) is 0 Å². The van der Waals surface area contributed by atoms with Crippen LogP contribution < -0.4 is 10.5 Å². The second-order valence-electron chi connectivity index (χ2n) is 3.92. The summed E-state index contributed by atoms with van der Waals surface area (Å²) in [7, 11) is 0. The first kappa shape index (κ1) is 13.4. The van der Waals surface area contributed by atoms with E-state index in [9.17, 15) is 0 Å². The van der Waals surface area contributed by atoms with Gasteiger partial charge in [0.05, 0.1) is 11.1 Å². The number of nitrogen functional groups attached to an aromatic ring is 1. The standard InChI is InChI=1S/C13H20BrNO/c1-2-3-4-5-6-10-16-12-9-7-8-11(15)13(12)14/h7-9H,2-6,10,15H2,1H3. The monoisotopic (exact) mass is 285 g/mol. The van der Waals surface area contributed by atoms with Gasteiger partial charge in [-0.3, -0.25) is 0 Å². The number of nitrogens with two attached hydrogens (primary N) is 1. The van der Waals surface area contributed by atoms with Crippen molar-refractivity contribution in [2.75, 3.05) is 12.3 Å². The number of hydrogen-bond acceptors (Lipinski definition) is 2. The van der Waals surface area contributed by atoms with Crippen molar-refractivity contribution >= 4 is 21.6 Å². The number of ether oxygens (including phenoxy) is 1. The maximum atomic E-state index is 5.76. The summed E-state index contributed by atoms with van der Waals surface area (Å²) < 4.78 is 6.54. The molecule has 2 N–H and O–H groups in total. The molecule has 90 valence electrons. The highest BCUT2D eigenvalue weighted by atomic mass is 79.9. The average Bonchev–Trinajstić information content (AvgIpc) is 2.29. The lowest BCUT2D eigenvalue weighted by Gasteiger charge is -2.09. The Labute approximate surface area is 106 Å². The van der Waals surface area contributed by atoms with Crippen LogP contribution >= 0.6 is 15.9 Å². The number of unbranched alkanes of at least 4 members (excludes halogenated alkanes) is 4. The van der Waals surface area contributed by atoms with Crippen molar-refractivity contribution < 1.29 is 4.74 Å². The van der Waals surface area contributed by atoms with E-state index < -0.39 is 0 Å². The lowest BCUT2D eigenvalue weighted by atomic mass is 10.2. The van der Waals surface area contributed by atoms with Crippen LogP contribution in [-0.4, -0.2) is 6.61 Å². The van der Waals surface area contributed by atoms with Crippen LogP contribution in [0.2, 0.25) is 0 Å². The van der Waals surface area contributed by atoms with Gasteiger partial charge in [0.2, 0.25) is 0 Å². The van der Waals surface area contributed by atoms with Crippen molar-refractivity contribution in [3.8, 4) is 5.75 Å². The van der Waals surface area contributed by atoms with Gasteiger partial charge < -0.3 is 10.5 Å². The van der Waals surface area contributed by atoms with Gasteiger partial charge >= 0.3 is 0 Å². The van der Waals surface area contributed by atoms with E-state index >= 15 is 0 Å². The minimum atomic E-state index is 0.725. The minimum absolute atomic E-state index is 0.725. The fourth-order valence-corrected chi connectivity index (χ4v) is 1.91. The van der Waals surface area contributed by atoms with Crippen molar-refractivity contribution in [3.05, 3.63) is 22.7 Å². The zero-order chi connectivity index (χ0) is 11.8. The molecule has 0 spiro atoms. The number of halogens is 1. The SMILES string of the molecule is CCCCCCCOc1cccc(N)c1Br. The fourth-order valence-electron chi connectivity index (χ4n) is 1.53. The van der Waals surface area contributed by atoms with Gasteiger partial charge in [-0.05, 0) is 34.5 Å². The Morgan fingerprint density at radius 3 is 2.69 bits per heavy atom. The molecule has 0 radical (unpaired) electrons. The van der Waals surface area contributed by atoms with Gasteiger partial charge in [-0.1, -0.05) is 38.7 Å². The summed E-state index contributed by atoms with van der Waals surface area (Å²) in [6, 6.07) is 5.71. The average molecular weight is 286 g/mol. The Balaban J connectivity index is 2.24. The first-order valence-corrected chi connectivity index (χ1v) is 6.71. The first-order valence-electron chi connectivity index (χ1n) is 5.92. The van der Waals surface area contributed by atoms with Gasteiger partial charge in [0.15, 0.2) is 0 Å². The Morgan fingerprint density at radius 1 is 1.19 bits per heavy atom. The number of benzene rings is 1. The summed E-state index contributed by atoms with van der Waals surface area (Å²) in [5.41, 5.74) is 6.49. The molecule has 0 aromatic heterocycles. The second-order valence-corrected chi connectivity index (χ2v) is 4.72. The van der Waals surface area contributed by atoms with Gasteiger partial charge in [-0.15, -0.1) is 0 Å². The zero-order valence-corrected chi connectivity index (χ0v) is 11.4. The molecule has 0 saturated carbocycles. The molecule has 0 unspecified atom stereocenters. The number of anilines is 1. The molecule has 0 fully saturated rings. The quantitative estimate of drug-likeness (QED) is 0.596. The molecule has 2 nitrogen and oxygen atoms in total. The van der Waals surface area contributed by atoms with Crippen LogP contribution in [0.5, 0.6) is 5.75 Å². The molecule has 0 heterocycles. The Kier molecular flexibility index (Phi) is 6.31. The summed E-state index contributed by atoms with van der Waals surface area (Å²) in [5.74, 6) is 0.843. The van der Waals surface area contributed by atoms with E-state index in [0.29, 0.717) is 0 Å². The van der Waals surface area contributed by atoms with Crippen molar-refractivity contribution in [3.63, 3.8) is 0 Å². The summed E-state index contributed by atoms with van der Waals surface area (Å²) in [6.07, 6.45) is 6.26. The molecule has 0 bridgehead atoms. The highest BCUT2D eigenvalue weighted by molar-refractivity contribution is 9.10. The van der Waals surface area contributed by atoms with Crippen molar-refractivity contribution in [2.45, 2.75) is 39.0 Å². The van der Waals surface area contributed by atoms with Crippen LogP contribution in [0.4, 0.5) is 5.69 Å². The van der Waals surface area contributed by atoms with E-state index in [1.807, 2.05) is 18.2 Å². The van der Waals surface area contributed by atoms with E-state index in [2.05, 4.69) is 22.9 Å². The zero-order valence-electron chi connectivity index (χ0n) is 9.84. The fraction of sp³-hybridized carbons (Fsp3) is 0.538. The van der Waals surface area contributed by atoms with Crippen LogP contribution in [0.25, 0.3) is 0 Å². The lowest BCUT2D eigenvalue weighted by molar-refractivity contribution is 0.303. The molecule has 0 aliphatic heterocycles. The molecule has 0 aliphatic rings. The van der Waals surface area contributed by atoms with Crippen molar-refractivity contribution in [1.29, 1.82) is 0 Å². The van der Waals surface area contributed by atoms with Crippen LogP contribution in [0, 0.1) is 0 Å². The predicted octanol–water partition coefficient (Wildman–Crippen LogP) is 4.38. The summed E-state index contributed by atoms with van der Waals surface area (Å²) in [4.78, 5) is 0. The molecular formula is C13H20BrNO. The van der Waals surface area contributed by atoms with E-state index in [1.54, 1.807) is 0 Å². The Hall–Kier alpha value is -0.700. The highest BCUT2D eigenvalue weighted by Gasteiger charge is 2.03. The van der Waals surface area contributed by atoms with Crippen LogP contribution in [0.1, 0.15) is 39.0 Å². The van der Waals surface area contributed by atoms with Gasteiger partial charge in [-0.2, -0.15) is 0 Å². The smallest absolute Gasteiger partial charge is 0.135 e. The first-order chi connectivity index (χ1) is 7.75. The van der Waals surface area contributed by atoms with Crippen LogP contribution in [0.15, 0.2) is 22.7 Å². The van der Waals surface area contributed by atoms with E-state index in [0.717, 1.165) is 28.9 Å². The summed E-state index contributed by atoms with van der Waals surface area (Å²) >= 11 is 3.42.